The van der Waals surface area contributed by atoms with E-state index < -0.39 is 0 Å². The van der Waals surface area contributed by atoms with Crippen LogP contribution in [0.1, 0.15) is 24.1 Å². The Morgan fingerprint density at radius 2 is 1.95 bits per heavy atom. The Morgan fingerprint density at radius 3 is 2.47 bits per heavy atom. The fourth-order valence-corrected chi connectivity index (χ4v) is 3.17. The number of aromatic nitrogens is 2. The number of rotatable bonds is 4. The number of nitrogens with zero attached hydrogens (tertiary/aromatic N) is 4. The Labute approximate surface area is 116 Å². The highest BCUT2D eigenvalue weighted by Gasteiger charge is 2.24. The second-order valence-electron chi connectivity index (χ2n) is 5.91. The van der Waals surface area contributed by atoms with Gasteiger partial charge in [-0.05, 0) is 39.8 Å². The molecule has 0 saturated carbocycles. The number of nitrogens with two attached hydrogens (primary N) is 1. The first kappa shape index (κ1) is 14.3. The van der Waals surface area contributed by atoms with Crippen molar-refractivity contribution in [1.29, 1.82) is 0 Å². The molecule has 19 heavy (non-hydrogen) atoms. The van der Waals surface area contributed by atoms with Gasteiger partial charge in [0.05, 0.1) is 5.69 Å². The van der Waals surface area contributed by atoms with Crippen LogP contribution in [0.4, 0.5) is 5.82 Å². The molecule has 0 spiro atoms. The lowest BCUT2D eigenvalue weighted by atomic mass is 9.96. The monoisotopic (exact) mass is 265 g/mol. The average molecular weight is 265 g/mol. The molecule has 108 valence electrons. The average Bonchev–Trinajstić information content (AvgIpc) is 2.64. The minimum Gasteiger partial charge on any atom is -0.357 e. The van der Waals surface area contributed by atoms with Crippen molar-refractivity contribution < 1.29 is 0 Å². The van der Waals surface area contributed by atoms with Crippen molar-refractivity contribution in [3.8, 4) is 0 Å². The molecular formula is C14H27N5. The quantitative estimate of drug-likeness (QED) is 0.881. The van der Waals surface area contributed by atoms with Crippen molar-refractivity contribution in [3.63, 3.8) is 0 Å². The van der Waals surface area contributed by atoms with Gasteiger partial charge in [0, 0.05) is 38.8 Å². The van der Waals surface area contributed by atoms with Crippen LogP contribution in [-0.4, -0.2) is 48.4 Å². The Bertz CT molecular complexity index is 416. The van der Waals surface area contributed by atoms with Gasteiger partial charge in [0.25, 0.3) is 0 Å². The standard InChI is InChI=1S/C14H27N5/c1-11-13(9-15)14(18(4)16-11)19-7-5-12(6-8-19)10-17(2)3/h12H,5-10,15H2,1-4H3. The van der Waals surface area contributed by atoms with Gasteiger partial charge in [-0.25, -0.2) is 0 Å². The maximum absolute atomic E-state index is 5.88. The molecule has 5 nitrogen and oxygen atoms in total. The Balaban J connectivity index is 2.05. The zero-order valence-corrected chi connectivity index (χ0v) is 12.7. The number of piperidine rings is 1. The molecule has 1 aromatic heterocycles. The molecule has 5 heteroatoms. The maximum Gasteiger partial charge on any atom is 0.131 e. The molecule has 1 fully saturated rings. The molecule has 0 amide bonds. The van der Waals surface area contributed by atoms with E-state index in [9.17, 15) is 0 Å². The first-order valence-corrected chi connectivity index (χ1v) is 7.15. The fourth-order valence-electron chi connectivity index (χ4n) is 3.17. The van der Waals surface area contributed by atoms with Crippen LogP contribution in [0.3, 0.4) is 0 Å². The van der Waals surface area contributed by atoms with Gasteiger partial charge in [0.15, 0.2) is 0 Å². The van der Waals surface area contributed by atoms with E-state index in [2.05, 4.69) is 29.0 Å². The Kier molecular flexibility index (Phi) is 4.47. The molecule has 2 rings (SSSR count). The van der Waals surface area contributed by atoms with Crippen LogP contribution < -0.4 is 10.6 Å². The van der Waals surface area contributed by atoms with Gasteiger partial charge in [-0.1, -0.05) is 0 Å². The lowest BCUT2D eigenvalue weighted by molar-refractivity contribution is 0.284. The molecule has 0 aliphatic carbocycles. The summed E-state index contributed by atoms with van der Waals surface area (Å²) >= 11 is 0. The van der Waals surface area contributed by atoms with E-state index in [4.69, 9.17) is 5.73 Å². The molecule has 0 aromatic carbocycles. The molecular weight excluding hydrogens is 238 g/mol. The van der Waals surface area contributed by atoms with E-state index in [0.717, 1.165) is 24.7 Å². The number of hydrogen-bond donors (Lipinski definition) is 1. The second kappa shape index (κ2) is 5.92. The van der Waals surface area contributed by atoms with Gasteiger partial charge in [-0.2, -0.15) is 5.10 Å². The summed E-state index contributed by atoms with van der Waals surface area (Å²) in [6.07, 6.45) is 2.51. The molecule has 0 unspecified atom stereocenters. The summed E-state index contributed by atoms with van der Waals surface area (Å²) in [7, 11) is 6.33. The van der Waals surface area contributed by atoms with Crippen LogP contribution in [0.5, 0.6) is 0 Å². The van der Waals surface area contributed by atoms with Gasteiger partial charge in [-0.15, -0.1) is 0 Å². The summed E-state index contributed by atoms with van der Waals surface area (Å²) in [5.41, 5.74) is 8.15. The SMILES string of the molecule is Cc1nn(C)c(N2CCC(CN(C)C)CC2)c1CN. The van der Waals surface area contributed by atoms with Crippen LogP contribution >= 0.6 is 0 Å². The van der Waals surface area contributed by atoms with Crippen molar-refractivity contribution >= 4 is 5.82 Å². The first-order chi connectivity index (χ1) is 9.02. The first-order valence-electron chi connectivity index (χ1n) is 7.15. The van der Waals surface area contributed by atoms with E-state index in [1.54, 1.807) is 0 Å². The molecule has 1 aliphatic rings. The van der Waals surface area contributed by atoms with E-state index in [0.29, 0.717) is 6.54 Å². The molecule has 0 bridgehead atoms. The van der Waals surface area contributed by atoms with Gasteiger partial charge in [0.1, 0.15) is 5.82 Å². The summed E-state index contributed by atoms with van der Waals surface area (Å²) in [6, 6.07) is 0. The third-order valence-electron chi connectivity index (χ3n) is 4.05. The van der Waals surface area contributed by atoms with Crippen molar-refractivity contribution in [1.82, 2.24) is 14.7 Å². The largest absolute Gasteiger partial charge is 0.357 e. The van der Waals surface area contributed by atoms with Crippen LogP contribution in [0, 0.1) is 12.8 Å². The van der Waals surface area contributed by atoms with Crippen molar-refractivity contribution in [2.24, 2.45) is 18.7 Å². The Hall–Kier alpha value is -1.07. The zero-order chi connectivity index (χ0) is 14.0. The highest BCUT2D eigenvalue weighted by Crippen LogP contribution is 2.27. The van der Waals surface area contributed by atoms with Gasteiger partial charge >= 0.3 is 0 Å². The molecule has 0 atom stereocenters. The van der Waals surface area contributed by atoms with E-state index in [1.807, 2.05) is 18.7 Å². The molecule has 0 radical (unpaired) electrons. The van der Waals surface area contributed by atoms with Crippen LogP contribution in [0.25, 0.3) is 0 Å². The third-order valence-corrected chi connectivity index (χ3v) is 4.05. The Morgan fingerprint density at radius 1 is 1.32 bits per heavy atom. The molecule has 1 saturated heterocycles. The summed E-state index contributed by atoms with van der Waals surface area (Å²) < 4.78 is 1.99. The smallest absolute Gasteiger partial charge is 0.131 e. The minimum absolute atomic E-state index is 0.576. The number of hydrogen-bond acceptors (Lipinski definition) is 4. The van der Waals surface area contributed by atoms with Crippen molar-refractivity contribution in [2.75, 3.05) is 38.6 Å². The highest BCUT2D eigenvalue weighted by atomic mass is 15.4. The molecule has 1 aromatic rings. The van der Waals surface area contributed by atoms with Gasteiger partial charge in [-0.3, -0.25) is 4.68 Å². The van der Waals surface area contributed by atoms with E-state index in [-0.39, 0.29) is 0 Å². The summed E-state index contributed by atoms with van der Waals surface area (Å²) in [5.74, 6) is 2.05. The van der Waals surface area contributed by atoms with E-state index in [1.165, 1.54) is 30.8 Å². The maximum atomic E-state index is 5.88. The fraction of sp³-hybridized carbons (Fsp3) is 0.786. The molecule has 2 N–H and O–H groups in total. The van der Waals surface area contributed by atoms with Crippen molar-refractivity contribution in [3.05, 3.63) is 11.3 Å². The third kappa shape index (κ3) is 3.09. The lowest BCUT2D eigenvalue weighted by Gasteiger charge is -2.35. The predicted octanol–water partition coefficient (Wildman–Crippen LogP) is 0.965. The summed E-state index contributed by atoms with van der Waals surface area (Å²) in [4.78, 5) is 4.74. The van der Waals surface area contributed by atoms with Gasteiger partial charge < -0.3 is 15.5 Å². The van der Waals surface area contributed by atoms with Crippen LogP contribution in [-0.2, 0) is 13.6 Å². The predicted molar refractivity (Wildman–Crippen MR) is 79.3 cm³/mol. The van der Waals surface area contributed by atoms with Crippen molar-refractivity contribution in [2.45, 2.75) is 26.3 Å². The highest BCUT2D eigenvalue weighted by molar-refractivity contribution is 5.50. The second-order valence-corrected chi connectivity index (χ2v) is 5.91. The van der Waals surface area contributed by atoms with Crippen LogP contribution in [0.2, 0.25) is 0 Å². The summed E-state index contributed by atoms with van der Waals surface area (Å²) in [6.45, 7) is 6.05. The lowest BCUT2D eigenvalue weighted by Crippen LogP contribution is -2.38. The minimum atomic E-state index is 0.576. The molecule has 1 aliphatic heterocycles. The summed E-state index contributed by atoms with van der Waals surface area (Å²) in [5, 5.41) is 4.51. The topological polar surface area (TPSA) is 50.3 Å². The van der Waals surface area contributed by atoms with Gasteiger partial charge in [0.2, 0.25) is 0 Å². The normalized spacial score (nSPS) is 17.5. The molecule has 2 heterocycles. The zero-order valence-electron chi connectivity index (χ0n) is 12.7. The number of anilines is 1. The van der Waals surface area contributed by atoms with Crippen LogP contribution in [0.15, 0.2) is 0 Å². The van der Waals surface area contributed by atoms with E-state index >= 15 is 0 Å². The number of aryl methyl sites for hydroxylation is 2.